The van der Waals surface area contributed by atoms with Gasteiger partial charge in [0.2, 0.25) is 0 Å². The molecule has 0 amide bonds. The molecular formula is C12H10N2OS. The summed E-state index contributed by atoms with van der Waals surface area (Å²) in [7, 11) is 0. The number of hydrogen-bond acceptors (Lipinski definition) is 3. The molecule has 0 aromatic carbocycles. The first-order valence-corrected chi connectivity index (χ1v) is 5.78. The van der Waals surface area contributed by atoms with Crippen LogP contribution >= 0.6 is 11.3 Å². The number of nitriles is 1. The van der Waals surface area contributed by atoms with Crippen LogP contribution in [-0.4, -0.2) is 4.98 Å². The number of rotatable bonds is 2. The standard InChI is InChI=1S/C12H10N2OS/c1-2-9-4-6-11(16-9)10-5-3-8(7-13)12(15)14-10/h3-6H,2H2,1H3,(H,14,15). The molecule has 0 saturated carbocycles. The molecule has 4 heteroatoms. The normalized spacial score (nSPS) is 10.0. The van der Waals surface area contributed by atoms with Crippen LogP contribution < -0.4 is 5.56 Å². The van der Waals surface area contributed by atoms with Crippen LogP contribution in [0.3, 0.4) is 0 Å². The lowest BCUT2D eigenvalue weighted by molar-refractivity contribution is 1.19. The van der Waals surface area contributed by atoms with Crippen molar-refractivity contribution in [2.75, 3.05) is 0 Å². The summed E-state index contributed by atoms with van der Waals surface area (Å²) < 4.78 is 0. The molecule has 2 heterocycles. The predicted octanol–water partition coefficient (Wildman–Crippen LogP) is 2.54. The van der Waals surface area contributed by atoms with Crippen LogP contribution in [0.4, 0.5) is 0 Å². The van der Waals surface area contributed by atoms with E-state index in [0.717, 1.165) is 17.0 Å². The maximum Gasteiger partial charge on any atom is 0.266 e. The zero-order valence-electron chi connectivity index (χ0n) is 8.78. The lowest BCUT2D eigenvalue weighted by Crippen LogP contribution is -2.09. The summed E-state index contributed by atoms with van der Waals surface area (Å²) in [6.07, 6.45) is 0.991. The Morgan fingerprint density at radius 1 is 1.38 bits per heavy atom. The third-order valence-electron chi connectivity index (χ3n) is 2.31. The maximum absolute atomic E-state index is 11.4. The SMILES string of the molecule is CCc1ccc(-c2ccc(C#N)c(=O)[nH]2)s1. The fraction of sp³-hybridized carbons (Fsp3) is 0.167. The Balaban J connectivity index is 2.46. The van der Waals surface area contributed by atoms with E-state index in [1.54, 1.807) is 23.5 Å². The number of nitrogens with one attached hydrogen (secondary N) is 1. The third-order valence-corrected chi connectivity index (χ3v) is 3.57. The monoisotopic (exact) mass is 230 g/mol. The molecule has 2 aromatic heterocycles. The topological polar surface area (TPSA) is 56.6 Å². The van der Waals surface area contributed by atoms with Gasteiger partial charge in [-0.25, -0.2) is 0 Å². The Labute approximate surface area is 97.0 Å². The van der Waals surface area contributed by atoms with Gasteiger partial charge < -0.3 is 4.98 Å². The Morgan fingerprint density at radius 2 is 2.19 bits per heavy atom. The van der Waals surface area contributed by atoms with Gasteiger partial charge in [-0.3, -0.25) is 4.79 Å². The first-order valence-electron chi connectivity index (χ1n) is 4.97. The van der Waals surface area contributed by atoms with E-state index in [-0.39, 0.29) is 11.1 Å². The van der Waals surface area contributed by atoms with E-state index in [0.29, 0.717) is 0 Å². The summed E-state index contributed by atoms with van der Waals surface area (Å²) in [5, 5.41) is 8.65. The number of H-pyrrole nitrogens is 1. The number of thiophene rings is 1. The fourth-order valence-electron chi connectivity index (χ4n) is 1.42. The van der Waals surface area contributed by atoms with Crippen molar-refractivity contribution < 1.29 is 0 Å². The van der Waals surface area contributed by atoms with E-state index in [2.05, 4.69) is 18.0 Å². The average molecular weight is 230 g/mol. The molecular weight excluding hydrogens is 220 g/mol. The highest BCUT2D eigenvalue weighted by atomic mass is 32.1. The van der Waals surface area contributed by atoms with Crippen LogP contribution in [-0.2, 0) is 6.42 Å². The highest BCUT2D eigenvalue weighted by Gasteiger charge is 2.04. The quantitative estimate of drug-likeness (QED) is 0.861. The number of aromatic amines is 1. The Hall–Kier alpha value is -1.86. The van der Waals surface area contributed by atoms with E-state index in [1.807, 2.05) is 12.1 Å². The molecule has 3 nitrogen and oxygen atoms in total. The van der Waals surface area contributed by atoms with Gasteiger partial charge in [0.25, 0.3) is 5.56 Å². The lowest BCUT2D eigenvalue weighted by atomic mass is 10.2. The van der Waals surface area contributed by atoms with Crippen LogP contribution in [0.5, 0.6) is 0 Å². The lowest BCUT2D eigenvalue weighted by Gasteiger charge is -1.96. The molecule has 0 radical (unpaired) electrons. The molecule has 2 aromatic rings. The number of nitrogens with zero attached hydrogens (tertiary/aromatic N) is 1. The number of hydrogen-bond donors (Lipinski definition) is 1. The molecule has 16 heavy (non-hydrogen) atoms. The summed E-state index contributed by atoms with van der Waals surface area (Å²) in [5.41, 5.74) is 0.594. The highest BCUT2D eigenvalue weighted by molar-refractivity contribution is 7.15. The molecule has 1 N–H and O–H groups in total. The zero-order chi connectivity index (χ0) is 11.5. The molecule has 0 atom stereocenters. The summed E-state index contributed by atoms with van der Waals surface area (Å²) in [4.78, 5) is 16.5. The molecule has 80 valence electrons. The Bertz CT molecular complexity index is 604. The van der Waals surface area contributed by atoms with E-state index < -0.39 is 0 Å². The second-order valence-electron chi connectivity index (χ2n) is 3.35. The predicted molar refractivity (Wildman–Crippen MR) is 64.5 cm³/mol. The van der Waals surface area contributed by atoms with Crippen molar-refractivity contribution in [2.24, 2.45) is 0 Å². The van der Waals surface area contributed by atoms with Crippen molar-refractivity contribution in [1.29, 1.82) is 5.26 Å². The minimum absolute atomic E-state index is 0.149. The molecule has 0 aliphatic rings. The molecule has 0 spiro atoms. The fourth-order valence-corrected chi connectivity index (χ4v) is 2.35. The Kier molecular flexibility index (Phi) is 2.88. The van der Waals surface area contributed by atoms with E-state index in [9.17, 15) is 4.79 Å². The van der Waals surface area contributed by atoms with Crippen molar-refractivity contribution >= 4 is 11.3 Å². The van der Waals surface area contributed by atoms with Crippen molar-refractivity contribution in [3.05, 3.63) is 45.1 Å². The van der Waals surface area contributed by atoms with Gasteiger partial charge in [-0.05, 0) is 30.7 Å². The van der Waals surface area contributed by atoms with Gasteiger partial charge in [-0.1, -0.05) is 6.92 Å². The summed E-state index contributed by atoms with van der Waals surface area (Å²) >= 11 is 1.66. The first kappa shape index (κ1) is 10.7. The second-order valence-corrected chi connectivity index (χ2v) is 4.51. The molecule has 2 rings (SSSR count). The minimum Gasteiger partial charge on any atom is -0.320 e. The first-order chi connectivity index (χ1) is 7.74. The van der Waals surface area contributed by atoms with E-state index in [4.69, 9.17) is 5.26 Å². The molecule has 0 unspecified atom stereocenters. The average Bonchev–Trinajstić information content (AvgIpc) is 2.77. The van der Waals surface area contributed by atoms with Gasteiger partial charge in [0.05, 0.1) is 10.6 Å². The van der Waals surface area contributed by atoms with Crippen LogP contribution in [0.15, 0.2) is 29.1 Å². The van der Waals surface area contributed by atoms with Crippen LogP contribution in [0, 0.1) is 11.3 Å². The van der Waals surface area contributed by atoms with Gasteiger partial charge in [0.15, 0.2) is 0 Å². The second kappa shape index (κ2) is 4.33. The zero-order valence-corrected chi connectivity index (χ0v) is 9.60. The van der Waals surface area contributed by atoms with Crippen molar-refractivity contribution in [1.82, 2.24) is 4.98 Å². The van der Waals surface area contributed by atoms with Crippen LogP contribution in [0.25, 0.3) is 10.6 Å². The number of aryl methyl sites for hydroxylation is 1. The molecule has 0 aliphatic carbocycles. The highest BCUT2D eigenvalue weighted by Crippen LogP contribution is 2.26. The molecule has 0 saturated heterocycles. The van der Waals surface area contributed by atoms with Gasteiger partial charge in [0.1, 0.15) is 11.6 Å². The van der Waals surface area contributed by atoms with Gasteiger partial charge in [0, 0.05) is 4.88 Å². The summed E-state index contributed by atoms with van der Waals surface area (Å²) in [5.74, 6) is 0. The third kappa shape index (κ3) is 1.90. The van der Waals surface area contributed by atoms with Gasteiger partial charge in [-0.2, -0.15) is 5.26 Å². The number of pyridine rings is 1. The minimum atomic E-state index is -0.327. The summed E-state index contributed by atoms with van der Waals surface area (Å²) in [6.45, 7) is 2.09. The number of aromatic nitrogens is 1. The van der Waals surface area contributed by atoms with Crippen molar-refractivity contribution in [3.8, 4) is 16.6 Å². The van der Waals surface area contributed by atoms with E-state index in [1.165, 1.54) is 4.88 Å². The Morgan fingerprint density at radius 3 is 2.75 bits per heavy atom. The molecule has 0 fully saturated rings. The maximum atomic E-state index is 11.4. The van der Waals surface area contributed by atoms with Gasteiger partial charge >= 0.3 is 0 Å². The van der Waals surface area contributed by atoms with Crippen LogP contribution in [0.2, 0.25) is 0 Å². The largest absolute Gasteiger partial charge is 0.320 e. The van der Waals surface area contributed by atoms with E-state index >= 15 is 0 Å². The molecule has 0 bridgehead atoms. The molecule has 0 aliphatic heterocycles. The van der Waals surface area contributed by atoms with Crippen molar-refractivity contribution in [3.63, 3.8) is 0 Å². The van der Waals surface area contributed by atoms with Gasteiger partial charge in [-0.15, -0.1) is 11.3 Å². The smallest absolute Gasteiger partial charge is 0.266 e. The van der Waals surface area contributed by atoms with Crippen molar-refractivity contribution in [2.45, 2.75) is 13.3 Å². The summed E-state index contributed by atoms with van der Waals surface area (Å²) in [6, 6.07) is 9.21. The van der Waals surface area contributed by atoms with Crippen LogP contribution in [0.1, 0.15) is 17.4 Å².